The second-order valence-corrected chi connectivity index (χ2v) is 4.80. The molecule has 1 fully saturated rings. The molecule has 1 aliphatic heterocycles. The molecule has 0 spiro atoms. The largest absolute Gasteiger partial charge is 0.368 e. The number of anilines is 3. The van der Waals surface area contributed by atoms with Gasteiger partial charge in [0.15, 0.2) is 0 Å². The summed E-state index contributed by atoms with van der Waals surface area (Å²) in [6, 6.07) is 2.32. The molecule has 17 heavy (non-hydrogen) atoms. The molecule has 0 radical (unpaired) electrons. The van der Waals surface area contributed by atoms with Crippen LogP contribution in [0.25, 0.3) is 0 Å². The van der Waals surface area contributed by atoms with Crippen LogP contribution in [0.1, 0.15) is 26.7 Å². The minimum absolute atomic E-state index is 0.251. The predicted octanol–water partition coefficient (Wildman–Crippen LogP) is 0.969. The molecule has 0 saturated carbocycles. The fraction of sp³-hybridized carbons (Fsp3) is 0.636. The highest BCUT2D eigenvalue weighted by Crippen LogP contribution is 2.27. The monoisotopic (exact) mass is 236 g/mol. The highest BCUT2D eigenvalue weighted by molar-refractivity contribution is 5.52. The third-order valence-electron chi connectivity index (χ3n) is 3.29. The van der Waals surface area contributed by atoms with Crippen LogP contribution in [0.3, 0.4) is 0 Å². The van der Waals surface area contributed by atoms with Crippen LogP contribution in [0.15, 0.2) is 6.07 Å². The number of piperidine rings is 1. The molecule has 0 aliphatic carbocycles. The minimum Gasteiger partial charge on any atom is -0.368 e. The van der Waals surface area contributed by atoms with Crippen molar-refractivity contribution in [3.05, 3.63) is 6.07 Å². The fourth-order valence-electron chi connectivity index (χ4n) is 2.28. The van der Waals surface area contributed by atoms with E-state index in [2.05, 4.69) is 34.1 Å². The van der Waals surface area contributed by atoms with Gasteiger partial charge in [-0.15, -0.1) is 0 Å². The van der Waals surface area contributed by atoms with Gasteiger partial charge in [-0.2, -0.15) is 9.97 Å². The lowest BCUT2D eigenvalue weighted by Gasteiger charge is -2.37. The molecular formula is C11H20N6. The Bertz CT molecular complexity index is 394. The summed E-state index contributed by atoms with van der Waals surface area (Å²) >= 11 is 0. The van der Waals surface area contributed by atoms with Crippen LogP contribution in [0.4, 0.5) is 17.6 Å². The van der Waals surface area contributed by atoms with E-state index < -0.39 is 0 Å². The standard InChI is InChI=1S/C11H20N6/c1-7-3-4-8(2)17(6-7)10-5-9(16-13)14-11(12)15-10/h5,7-8H,3-4,6,13H2,1-2H3,(H3,12,14,15,16). The summed E-state index contributed by atoms with van der Waals surface area (Å²) in [5.74, 6) is 7.70. The molecule has 6 nitrogen and oxygen atoms in total. The number of hydrogen-bond donors (Lipinski definition) is 3. The number of hydrazine groups is 1. The number of nitrogens with one attached hydrogen (secondary N) is 1. The summed E-state index contributed by atoms with van der Waals surface area (Å²) in [5, 5.41) is 0. The molecule has 2 heterocycles. The summed E-state index contributed by atoms with van der Waals surface area (Å²) < 4.78 is 0. The van der Waals surface area contributed by atoms with Gasteiger partial charge in [-0.05, 0) is 25.7 Å². The first-order valence-electron chi connectivity index (χ1n) is 5.98. The van der Waals surface area contributed by atoms with Crippen LogP contribution in [-0.4, -0.2) is 22.6 Å². The van der Waals surface area contributed by atoms with Gasteiger partial charge in [-0.25, -0.2) is 5.84 Å². The van der Waals surface area contributed by atoms with Crippen molar-refractivity contribution >= 4 is 17.6 Å². The number of nitrogens with two attached hydrogens (primary N) is 2. The number of hydrogen-bond acceptors (Lipinski definition) is 6. The number of aromatic nitrogens is 2. The van der Waals surface area contributed by atoms with Crippen molar-refractivity contribution in [2.45, 2.75) is 32.7 Å². The second kappa shape index (κ2) is 4.75. The topological polar surface area (TPSA) is 93.1 Å². The Balaban J connectivity index is 2.28. The Labute approximate surface area is 101 Å². The van der Waals surface area contributed by atoms with Crippen molar-refractivity contribution in [2.75, 3.05) is 22.6 Å². The van der Waals surface area contributed by atoms with Gasteiger partial charge in [-0.3, -0.25) is 0 Å². The first-order chi connectivity index (χ1) is 8.10. The SMILES string of the molecule is CC1CCC(C)N(c2cc(NN)nc(N)n2)C1. The Hall–Kier alpha value is -1.56. The van der Waals surface area contributed by atoms with Crippen molar-refractivity contribution < 1.29 is 0 Å². The van der Waals surface area contributed by atoms with E-state index in [0.29, 0.717) is 17.8 Å². The van der Waals surface area contributed by atoms with Crippen LogP contribution >= 0.6 is 0 Å². The molecule has 0 bridgehead atoms. The zero-order chi connectivity index (χ0) is 12.4. The van der Waals surface area contributed by atoms with E-state index in [4.69, 9.17) is 11.6 Å². The Morgan fingerprint density at radius 2 is 2.12 bits per heavy atom. The number of nitrogens with zero attached hydrogens (tertiary/aromatic N) is 3. The molecule has 94 valence electrons. The molecule has 6 heteroatoms. The summed E-state index contributed by atoms with van der Waals surface area (Å²) in [5.41, 5.74) is 8.19. The van der Waals surface area contributed by atoms with Gasteiger partial charge in [0.25, 0.3) is 0 Å². The van der Waals surface area contributed by atoms with E-state index in [9.17, 15) is 0 Å². The maximum Gasteiger partial charge on any atom is 0.223 e. The molecular weight excluding hydrogens is 216 g/mol. The molecule has 1 saturated heterocycles. The average molecular weight is 236 g/mol. The summed E-state index contributed by atoms with van der Waals surface area (Å²) in [6.45, 7) is 5.47. The van der Waals surface area contributed by atoms with Crippen molar-refractivity contribution in [1.29, 1.82) is 0 Å². The van der Waals surface area contributed by atoms with Gasteiger partial charge in [-0.1, -0.05) is 6.92 Å². The first kappa shape index (κ1) is 11.9. The van der Waals surface area contributed by atoms with E-state index in [0.717, 1.165) is 12.4 Å². The van der Waals surface area contributed by atoms with Gasteiger partial charge >= 0.3 is 0 Å². The molecule has 1 aromatic heterocycles. The van der Waals surface area contributed by atoms with Gasteiger partial charge in [0.05, 0.1) is 0 Å². The lowest BCUT2D eigenvalue weighted by atomic mass is 9.95. The lowest BCUT2D eigenvalue weighted by Crippen LogP contribution is -2.41. The van der Waals surface area contributed by atoms with E-state index in [1.165, 1.54) is 12.8 Å². The third-order valence-corrected chi connectivity index (χ3v) is 3.29. The molecule has 0 amide bonds. The zero-order valence-electron chi connectivity index (χ0n) is 10.3. The average Bonchev–Trinajstić information content (AvgIpc) is 2.31. The van der Waals surface area contributed by atoms with Crippen LogP contribution in [0.5, 0.6) is 0 Å². The van der Waals surface area contributed by atoms with Crippen molar-refractivity contribution in [2.24, 2.45) is 11.8 Å². The summed E-state index contributed by atoms with van der Waals surface area (Å²) in [4.78, 5) is 10.6. The number of rotatable bonds is 2. The molecule has 2 unspecified atom stereocenters. The highest BCUT2D eigenvalue weighted by atomic mass is 15.3. The Kier molecular flexibility index (Phi) is 3.33. The summed E-state index contributed by atoms with van der Waals surface area (Å²) in [6.07, 6.45) is 2.44. The fourth-order valence-corrected chi connectivity index (χ4v) is 2.28. The highest BCUT2D eigenvalue weighted by Gasteiger charge is 2.24. The molecule has 2 rings (SSSR count). The molecule has 5 N–H and O–H groups in total. The lowest BCUT2D eigenvalue weighted by molar-refractivity contribution is 0.388. The van der Waals surface area contributed by atoms with E-state index in [-0.39, 0.29) is 5.95 Å². The minimum atomic E-state index is 0.251. The van der Waals surface area contributed by atoms with Crippen LogP contribution in [-0.2, 0) is 0 Å². The third kappa shape index (κ3) is 2.58. The predicted molar refractivity (Wildman–Crippen MR) is 69.5 cm³/mol. The van der Waals surface area contributed by atoms with Crippen LogP contribution in [0.2, 0.25) is 0 Å². The smallest absolute Gasteiger partial charge is 0.223 e. The van der Waals surface area contributed by atoms with Crippen LogP contribution in [0, 0.1) is 5.92 Å². The van der Waals surface area contributed by atoms with E-state index in [1.54, 1.807) is 0 Å². The van der Waals surface area contributed by atoms with Crippen LogP contribution < -0.4 is 21.9 Å². The van der Waals surface area contributed by atoms with Gasteiger partial charge in [0, 0.05) is 18.7 Å². The van der Waals surface area contributed by atoms with Crippen molar-refractivity contribution in [1.82, 2.24) is 9.97 Å². The van der Waals surface area contributed by atoms with Gasteiger partial charge < -0.3 is 16.1 Å². The second-order valence-electron chi connectivity index (χ2n) is 4.80. The molecule has 1 aromatic rings. The van der Waals surface area contributed by atoms with Crippen molar-refractivity contribution in [3.8, 4) is 0 Å². The Morgan fingerprint density at radius 3 is 2.82 bits per heavy atom. The number of nitrogen functional groups attached to an aromatic ring is 2. The molecule has 1 aliphatic rings. The maximum absolute atomic E-state index is 5.68. The Morgan fingerprint density at radius 1 is 1.35 bits per heavy atom. The zero-order valence-corrected chi connectivity index (χ0v) is 10.3. The molecule has 2 atom stereocenters. The van der Waals surface area contributed by atoms with E-state index in [1.807, 2.05) is 6.07 Å². The quantitative estimate of drug-likeness (QED) is 0.523. The van der Waals surface area contributed by atoms with Crippen molar-refractivity contribution in [3.63, 3.8) is 0 Å². The first-order valence-corrected chi connectivity index (χ1v) is 5.98. The maximum atomic E-state index is 5.68. The summed E-state index contributed by atoms with van der Waals surface area (Å²) in [7, 11) is 0. The van der Waals surface area contributed by atoms with Gasteiger partial charge in [0.2, 0.25) is 5.95 Å². The van der Waals surface area contributed by atoms with Gasteiger partial charge in [0.1, 0.15) is 11.6 Å². The van der Waals surface area contributed by atoms with E-state index >= 15 is 0 Å². The molecule has 0 aromatic carbocycles. The normalized spacial score (nSPS) is 24.8.